The van der Waals surface area contributed by atoms with Gasteiger partial charge in [-0.25, -0.2) is 4.79 Å². The first-order chi connectivity index (χ1) is 9.19. The van der Waals surface area contributed by atoms with Gasteiger partial charge in [0.1, 0.15) is 11.6 Å². The molecule has 0 aliphatic carbocycles. The third-order valence-electron chi connectivity index (χ3n) is 3.61. The molecule has 0 fully saturated rings. The van der Waals surface area contributed by atoms with Crippen molar-refractivity contribution in [2.75, 3.05) is 0 Å². The van der Waals surface area contributed by atoms with Crippen LogP contribution in [0.2, 0.25) is 18.1 Å². The molecule has 122 valence electrons. The Bertz CT molecular complexity index is 399. The minimum Gasteiger partial charge on any atom is -0.444 e. The van der Waals surface area contributed by atoms with Crippen molar-refractivity contribution in [3.63, 3.8) is 0 Å². The maximum atomic E-state index is 11.8. The zero-order chi connectivity index (χ0) is 17.1. The highest BCUT2D eigenvalue weighted by atomic mass is 28.4. The second-order valence-corrected chi connectivity index (χ2v) is 12.6. The van der Waals surface area contributed by atoms with E-state index in [-0.39, 0.29) is 11.1 Å². The van der Waals surface area contributed by atoms with Crippen LogP contribution in [-0.4, -0.2) is 32.2 Å². The quantitative estimate of drug-likeness (QED) is 0.632. The first-order valence-electron chi connectivity index (χ1n) is 7.33. The number of rotatable bonds is 4. The van der Waals surface area contributed by atoms with Crippen LogP contribution in [0.25, 0.3) is 0 Å². The van der Waals surface area contributed by atoms with E-state index in [1.54, 1.807) is 0 Å². The lowest BCUT2D eigenvalue weighted by Gasteiger charge is -2.39. The van der Waals surface area contributed by atoms with E-state index in [0.29, 0.717) is 0 Å². The average molecular weight is 314 g/mol. The van der Waals surface area contributed by atoms with Gasteiger partial charge >= 0.3 is 6.09 Å². The Kier molecular flexibility index (Phi) is 6.52. The van der Waals surface area contributed by atoms with Crippen LogP contribution in [0.15, 0.2) is 0 Å². The molecule has 0 aromatic heterocycles. The Labute approximate surface area is 131 Å². The highest BCUT2D eigenvalue weighted by molar-refractivity contribution is 6.74. The first kappa shape index (κ1) is 20.0. The van der Waals surface area contributed by atoms with E-state index >= 15 is 0 Å². The lowest BCUT2D eigenvalue weighted by molar-refractivity contribution is 0.0475. The van der Waals surface area contributed by atoms with Gasteiger partial charge in [-0.05, 0) is 45.8 Å². The highest BCUT2D eigenvalue weighted by Gasteiger charge is 2.39. The predicted octanol–water partition coefficient (Wildman–Crippen LogP) is 3.92. The normalized spacial score (nSPS) is 15.8. The molecule has 4 nitrogen and oxygen atoms in total. The Morgan fingerprint density at radius 3 is 2.00 bits per heavy atom. The fourth-order valence-electron chi connectivity index (χ4n) is 1.44. The van der Waals surface area contributed by atoms with Crippen molar-refractivity contribution < 1.29 is 14.0 Å². The van der Waals surface area contributed by atoms with Gasteiger partial charge in [-0.3, -0.25) is 0 Å². The molecule has 0 aromatic carbocycles. The molecule has 1 N–H and O–H groups in total. The molecule has 0 aliphatic heterocycles. The largest absolute Gasteiger partial charge is 0.444 e. The minimum atomic E-state index is -1.93. The van der Waals surface area contributed by atoms with Crippen LogP contribution in [0.4, 0.5) is 4.79 Å². The van der Waals surface area contributed by atoms with E-state index in [4.69, 9.17) is 15.6 Å². The van der Waals surface area contributed by atoms with Crippen LogP contribution in [0.5, 0.6) is 0 Å². The molecular weight excluding hydrogens is 282 g/mol. The van der Waals surface area contributed by atoms with Gasteiger partial charge in [-0.1, -0.05) is 26.7 Å². The number of carbonyl (C=O) groups is 1. The van der Waals surface area contributed by atoms with Crippen molar-refractivity contribution in [2.45, 2.75) is 84.3 Å². The molecule has 0 aromatic rings. The van der Waals surface area contributed by atoms with Crippen molar-refractivity contribution in [3.05, 3.63) is 0 Å². The zero-order valence-corrected chi connectivity index (χ0v) is 16.0. The Balaban J connectivity index is 4.76. The number of nitrogens with one attached hydrogen (secondary N) is 1. The van der Waals surface area contributed by atoms with Crippen LogP contribution in [0, 0.1) is 12.3 Å². The van der Waals surface area contributed by atoms with Crippen LogP contribution in [0.3, 0.4) is 0 Å². The Hall–Kier alpha value is -0.993. The van der Waals surface area contributed by atoms with Crippen LogP contribution in [0.1, 0.15) is 48.5 Å². The maximum Gasteiger partial charge on any atom is 0.408 e. The molecule has 5 heteroatoms. The van der Waals surface area contributed by atoms with Crippen LogP contribution >= 0.6 is 0 Å². The fraction of sp³-hybridized carbons (Fsp3) is 0.812. The number of hydrogen-bond acceptors (Lipinski definition) is 3. The van der Waals surface area contributed by atoms with E-state index in [1.807, 2.05) is 27.7 Å². The summed E-state index contributed by atoms with van der Waals surface area (Å²) in [6, 6.07) is -0.506. The molecular formula is C16H31NO3Si. The SMILES string of the molecule is C#C[C@@H](NC(=O)OC(C)(C)C)[C@@H](C)O[Si](C)(C)C(C)(C)C. The van der Waals surface area contributed by atoms with E-state index < -0.39 is 26.1 Å². The number of alkyl carbamates (subject to hydrolysis) is 1. The summed E-state index contributed by atoms with van der Waals surface area (Å²) in [7, 11) is -1.93. The molecule has 1 amide bonds. The lowest BCUT2D eigenvalue weighted by atomic mass is 10.2. The third-order valence-corrected chi connectivity index (χ3v) is 8.18. The minimum absolute atomic E-state index is 0.0896. The monoisotopic (exact) mass is 313 g/mol. The van der Waals surface area contributed by atoms with E-state index in [0.717, 1.165) is 0 Å². The second kappa shape index (κ2) is 6.84. The van der Waals surface area contributed by atoms with Gasteiger partial charge in [-0.15, -0.1) is 6.42 Å². The van der Waals surface area contributed by atoms with E-state index in [1.165, 1.54) is 0 Å². The summed E-state index contributed by atoms with van der Waals surface area (Å²) in [5.41, 5.74) is -0.549. The number of amides is 1. The summed E-state index contributed by atoms with van der Waals surface area (Å²) in [6.07, 6.45) is 4.75. The topological polar surface area (TPSA) is 47.6 Å². The molecule has 0 rings (SSSR count). The van der Waals surface area contributed by atoms with Crippen molar-refractivity contribution in [2.24, 2.45) is 0 Å². The van der Waals surface area contributed by atoms with Crippen molar-refractivity contribution in [3.8, 4) is 12.3 Å². The maximum absolute atomic E-state index is 11.8. The average Bonchev–Trinajstić information content (AvgIpc) is 2.20. The molecule has 0 radical (unpaired) electrons. The molecule has 0 aliphatic rings. The van der Waals surface area contributed by atoms with Gasteiger partial charge < -0.3 is 14.5 Å². The number of terminal acetylenes is 1. The first-order valence-corrected chi connectivity index (χ1v) is 10.2. The highest BCUT2D eigenvalue weighted by Crippen LogP contribution is 2.37. The molecule has 0 saturated carbocycles. The van der Waals surface area contributed by atoms with Gasteiger partial charge in [0.15, 0.2) is 8.32 Å². The van der Waals surface area contributed by atoms with Crippen molar-refractivity contribution in [1.29, 1.82) is 0 Å². The Morgan fingerprint density at radius 2 is 1.67 bits per heavy atom. The summed E-state index contributed by atoms with van der Waals surface area (Å²) < 4.78 is 11.4. The summed E-state index contributed by atoms with van der Waals surface area (Å²) in [6.45, 7) is 18.1. The number of ether oxygens (including phenoxy) is 1. The molecule has 0 spiro atoms. The molecule has 0 unspecified atom stereocenters. The second-order valence-electron chi connectivity index (χ2n) is 7.87. The fourth-order valence-corrected chi connectivity index (χ4v) is 2.86. The van der Waals surface area contributed by atoms with E-state index in [2.05, 4.69) is 45.1 Å². The Morgan fingerprint density at radius 1 is 1.19 bits per heavy atom. The van der Waals surface area contributed by atoms with Gasteiger partial charge in [-0.2, -0.15) is 0 Å². The van der Waals surface area contributed by atoms with Crippen molar-refractivity contribution in [1.82, 2.24) is 5.32 Å². The zero-order valence-electron chi connectivity index (χ0n) is 15.0. The van der Waals surface area contributed by atoms with E-state index in [9.17, 15) is 4.79 Å². The van der Waals surface area contributed by atoms with Gasteiger partial charge in [0.05, 0.1) is 6.10 Å². The molecule has 2 atom stereocenters. The predicted molar refractivity (Wildman–Crippen MR) is 89.7 cm³/mol. The van der Waals surface area contributed by atoms with Crippen LogP contribution in [-0.2, 0) is 9.16 Å². The number of carbonyl (C=O) groups excluding carboxylic acids is 1. The third kappa shape index (κ3) is 7.01. The summed E-state index contributed by atoms with van der Waals surface area (Å²) in [4.78, 5) is 11.8. The molecule has 0 bridgehead atoms. The standard InChI is InChI=1S/C16H31NO3Si/c1-11-13(17-14(18)19-15(3,4)5)12(2)20-21(9,10)16(6,7)8/h1,12-13H,2-10H3,(H,17,18)/t12-,13-/m1/s1. The summed E-state index contributed by atoms with van der Waals surface area (Å²) in [5, 5.41) is 2.79. The lowest BCUT2D eigenvalue weighted by Crippen LogP contribution is -2.50. The summed E-state index contributed by atoms with van der Waals surface area (Å²) >= 11 is 0. The molecule has 21 heavy (non-hydrogen) atoms. The summed E-state index contributed by atoms with van der Waals surface area (Å²) in [5.74, 6) is 2.58. The van der Waals surface area contributed by atoms with Gasteiger partial charge in [0, 0.05) is 0 Å². The molecule has 0 heterocycles. The smallest absolute Gasteiger partial charge is 0.408 e. The van der Waals surface area contributed by atoms with Crippen LogP contribution < -0.4 is 5.32 Å². The molecule has 0 saturated heterocycles. The van der Waals surface area contributed by atoms with Gasteiger partial charge in [0.25, 0.3) is 0 Å². The van der Waals surface area contributed by atoms with Gasteiger partial charge in [0.2, 0.25) is 0 Å². The number of hydrogen-bond donors (Lipinski definition) is 1. The van der Waals surface area contributed by atoms with Crippen molar-refractivity contribution >= 4 is 14.4 Å².